The summed E-state index contributed by atoms with van der Waals surface area (Å²) in [6.07, 6.45) is 6.92. The van der Waals surface area contributed by atoms with Crippen LogP contribution in [0.25, 0.3) is 5.69 Å². The Bertz CT molecular complexity index is 694. The van der Waals surface area contributed by atoms with Gasteiger partial charge in [-0.3, -0.25) is 4.99 Å². The molecule has 1 saturated heterocycles. The maximum Gasteiger partial charge on any atom is 0.191 e. The molecule has 0 saturated carbocycles. The van der Waals surface area contributed by atoms with Crippen molar-refractivity contribution in [3.63, 3.8) is 0 Å². The topological polar surface area (TPSA) is 72.7 Å². The molecule has 2 N–H and O–H groups in total. The lowest BCUT2D eigenvalue weighted by atomic mass is 10.0. The molecule has 28 heavy (non-hydrogen) atoms. The van der Waals surface area contributed by atoms with E-state index < -0.39 is 0 Å². The first-order valence-electron chi connectivity index (χ1n) is 10.0. The SMILES string of the molecule is CN=C(NCCCOCC1CCOCC1)NCc1ccc(-n2cccn2)cc1. The summed E-state index contributed by atoms with van der Waals surface area (Å²) < 4.78 is 13.0. The largest absolute Gasteiger partial charge is 0.381 e. The van der Waals surface area contributed by atoms with E-state index in [0.29, 0.717) is 5.92 Å². The summed E-state index contributed by atoms with van der Waals surface area (Å²) in [4.78, 5) is 4.28. The molecule has 0 radical (unpaired) electrons. The molecule has 1 aromatic heterocycles. The Balaban J connectivity index is 1.29. The van der Waals surface area contributed by atoms with Crippen molar-refractivity contribution >= 4 is 5.96 Å². The third-order valence-electron chi connectivity index (χ3n) is 4.84. The summed E-state index contributed by atoms with van der Waals surface area (Å²) in [7, 11) is 1.79. The number of aromatic nitrogens is 2. The highest BCUT2D eigenvalue weighted by molar-refractivity contribution is 5.79. The van der Waals surface area contributed by atoms with Gasteiger partial charge in [0.25, 0.3) is 0 Å². The Labute approximate surface area is 167 Å². The lowest BCUT2D eigenvalue weighted by molar-refractivity contribution is 0.0203. The molecular weight excluding hydrogens is 354 g/mol. The summed E-state index contributed by atoms with van der Waals surface area (Å²) in [5, 5.41) is 10.9. The minimum absolute atomic E-state index is 0.663. The molecule has 7 nitrogen and oxygen atoms in total. The predicted octanol–water partition coefficient (Wildman–Crippen LogP) is 2.37. The average Bonchev–Trinajstić information content (AvgIpc) is 3.29. The van der Waals surface area contributed by atoms with Crippen LogP contribution in [0.15, 0.2) is 47.7 Å². The van der Waals surface area contributed by atoms with Gasteiger partial charge in [-0.2, -0.15) is 5.10 Å². The van der Waals surface area contributed by atoms with Gasteiger partial charge in [0.2, 0.25) is 0 Å². The first-order valence-corrected chi connectivity index (χ1v) is 10.0. The number of hydrogen-bond donors (Lipinski definition) is 2. The average molecular weight is 386 g/mol. The van der Waals surface area contributed by atoms with Crippen LogP contribution in [0, 0.1) is 5.92 Å². The summed E-state index contributed by atoms with van der Waals surface area (Å²) >= 11 is 0. The minimum Gasteiger partial charge on any atom is -0.381 e. The van der Waals surface area contributed by atoms with Crippen LogP contribution in [0.1, 0.15) is 24.8 Å². The number of nitrogens with one attached hydrogen (secondary N) is 2. The Morgan fingerprint density at radius 3 is 2.79 bits per heavy atom. The van der Waals surface area contributed by atoms with Crippen LogP contribution in [-0.4, -0.2) is 55.8 Å². The molecule has 0 aliphatic carbocycles. The second-order valence-electron chi connectivity index (χ2n) is 6.95. The Kier molecular flexibility index (Phi) is 8.33. The van der Waals surface area contributed by atoms with E-state index in [1.54, 1.807) is 13.2 Å². The molecule has 3 rings (SSSR count). The van der Waals surface area contributed by atoms with Gasteiger partial charge in [-0.25, -0.2) is 4.68 Å². The van der Waals surface area contributed by atoms with Crippen LogP contribution in [0.3, 0.4) is 0 Å². The van der Waals surface area contributed by atoms with Crippen molar-refractivity contribution in [3.05, 3.63) is 48.3 Å². The van der Waals surface area contributed by atoms with E-state index >= 15 is 0 Å². The van der Waals surface area contributed by atoms with Gasteiger partial charge in [0, 0.05) is 59.0 Å². The van der Waals surface area contributed by atoms with Crippen molar-refractivity contribution in [1.29, 1.82) is 0 Å². The monoisotopic (exact) mass is 385 g/mol. The van der Waals surface area contributed by atoms with E-state index in [4.69, 9.17) is 9.47 Å². The van der Waals surface area contributed by atoms with Crippen LogP contribution >= 0.6 is 0 Å². The van der Waals surface area contributed by atoms with Crippen LogP contribution in [0.4, 0.5) is 0 Å². The molecule has 0 bridgehead atoms. The number of rotatable bonds is 9. The van der Waals surface area contributed by atoms with Crippen LogP contribution in [0.5, 0.6) is 0 Å². The van der Waals surface area contributed by atoms with Crippen molar-refractivity contribution in [3.8, 4) is 5.69 Å². The number of hydrogen-bond acceptors (Lipinski definition) is 4. The van der Waals surface area contributed by atoms with Crippen LogP contribution in [0.2, 0.25) is 0 Å². The molecule has 2 heterocycles. The maximum atomic E-state index is 5.80. The molecule has 1 fully saturated rings. The summed E-state index contributed by atoms with van der Waals surface area (Å²) in [5.41, 5.74) is 2.25. The van der Waals surface area contributed by atoms with E-state index in [0.717, 1.165) is 70.4 Å². The van der Waals surface area contributed by atoms with Crippen LogP contribution in [-0.2, 0) is 16.0 Å². The zero-order valence-corrected chi connectivity index (χ0v) is 16.6. The maximum absolute atomic E-state index is 5.80. The van der Waals surface area contributed by atoms with Gasteiger partial charge < -0.3 is 20.1 Å². The van der Waals surface area contributed by atoms with Gasteiger partial charge in [-0.1, -0.05) is 12.1 Å². The number of benzene rings is 1. The summed E-state index contributed by atoms with van der Waals surface area (Å²) in [6.45, 7) is 4.94. The van der Waals surface area contributed by atoms with E-state index in [2.05, 4.69) is 45.0 Å². The van der Waals surface area contributed by atoms with Crippen molar-refractivity contribution in [2.45, 2.75) is 25.8 Å². The van der Waals surface area contributed by atoms with E-state index in [-0.39, 0.29) is 0 Å². The van der Waals surface area contributed by atoms with Gasteiger partial charge in [0.1, 0.15) is 0 Å². The van der Waals surface area contributed by atoms with Crippen molar-refractivity contribution in [1.82, 2.24) is 20.4 Å². The van der Waals surface area contributed by atoms with Gasteiger partial charge in [-0.15, -0.1) is 0 Å². The zero-order chi connectivity index (χ0) is 19.4. The molecule has 2 aromatic rings. The Morgan fingerprint density at radius 2 is 2.07 bits per heavy atom. The quantitative estimate of drug-likeness (QED) is 0.394. The standard InChI is InChI=1S/C21H31N5O2/c1-22-21(23-10-3-13-28-17-19-8-14-27-15-9-19)24-16-18-4-6-20(7-5-18)26-12-2-11-25-26/h2,4-7,11-12,19H,3,8-10,13-17H2,1H3,(H2,22,23,24). The first-order chi connectivity index (χ1) is 13.8. The van der Waals surface area contributed by atoms with Gasteiger partial charge in [0.15, 0.2) is 5.96 Å². The van der Waals surface area contributed by atoms with E-state index in [1.165, 1.54) is 5.56 Å². The normalized spacial score (nSPS) is 15.5. The third kappa shape index (κ3) is 6.65. The molecular formula is C21H31N5O2. The van der Waals surface area contributed by atoms with Crippen molar-refractivity contribution in [2.75, 3.05) is 40.0 Å². The third-order valence-corrected chi connectivity index (χ3v) is 4.84. The number of ether oxygens (including phenoxy) is 2. The molecule has 1 aliphatic rings. The van der Waals surface area contributed by atoms with E-state index in [9.17, 15) is 0 Å². The molecule has 7 heteroatoms. The fourth-order valence-corrected chi connectivity index (χ4v) is 3.14. The van der Waals surface area contributed by atoms with Crippen molar-refractivity contribution < 1.29 is 9.47 Å². The highest BCUT2D eigenvalue weighted by atomic mass is 16.5. The minimum atomic E-state index is 0.663. The second-order valence-corrected chi connectivity index (χ2v) is 6.95. The van der Waals surface area contributed by atoms with Gasteiger partial charge in [0.05, 0.1) is 5.69 Å². The zero-order valence-electron chi connectivity index (χ0n) is 16.6. The van der Waals surface area contributed by atoms with Gasteiger partial charge in [-0.05, 0) is 48.9 Å². The Morgan fingerprint density at radius 1 is 1.25 bits per heavy atom. The highest BCUT2D eigenvalue weighted by Gasteiger charge is 2.13. The highest BCUT2D eigenvalue weighted by Crippen LogP contribution is 2.14. The molecule has 0 spiro atoms. The Hall–Kier alpha value is -2.38. The van der Waals surface area contributed by atoms with Crippen LogP contribution < -0.4 is 10.6 Å². The number of aliphatic imine (C=N–C) groups is 1. The predicted molar refractivity (Wildman–Crippen MR) is 111 cm³/mol. The molecule has 0 unspecified atom stereocenters. The number of guanidine groups is 1. The first kappa shape index (κ1) is 20.4. The molecule has 0 amide bonds. The fraction of sp³-hybridized carbons (Fsp3) is 0.524. The molecule has 1 aliphatic heterocycles. The summed E-state index contributed by atoms with van der Waals surface area (Å²) in [6, 6.07) is 10.2. The van der Waals surface area contributed by atoms with Gasteiger partial charge >= 0.3 is 0 Å². The lowest BCUT2D eigenvalue weighted by Gasteiger charge is -2.21. The number of nitrogens with zero attached hydrogens (tertiary/aromatic N) is 3. The molecule has 1 aromatic carbocycles. The van der Waals surface area contributed by atoms with E-state index in [1.807, 2.05) is 16.9 Å². The fourth-order valence-electron chi connectivity index (χ4n) is 3.14. The molecule has 152 valence electrons. The second kappa shape index (κ2) is 11.5. The molecule has 0 atom stereocenters. The smallest absolute Gasteiger partial charge is 0.191 e. The van der Waals surface area contributed by atoms with Crippen molar-refractivity contribution in [2.24, 2.45) is 10.9 Å². The summed E-state index contributed by atoms with van der Waals surface area (Å²) in [5.74, 6) is 1.47. The lowest BCUT2D eigenvalue weighted by Crippen LogP contribution is -2.37.